The lowest BCUT2D eigenvalue weighted by molar-refractivity contribution is -0.132. The fourth-order valence-corrected chi connectivity index (χ4v) is 3.16. The van der Waals surface area contributed by atoms with Crippen molar-refractivity contribution in [1.82, 2.24) is 0 Å². The number of carbonyl (C=O) groups excluding carboxylic acids is 1. The summed E-state index contributed by atoms with van der Waals surface area (Å²) in [5, 5.41) is 6.64. The van der Waals surface area contributed by atoms with E-state index in [9.17, 15) is 4.79 Å². The first kappa shape index (κ1) is 17.0. The number of para-hydroxylation sites is 1. The van der Waals surface area contributed by atoms with Crippen LogP contribution in [0.2, 0.25) is 0 Å². The highest BCUT2D eigenvalue weighted by Crippen LogP contribution is 2.32. The summed E-state index contributed by atoms with van der Waals surface area (Å²) in [6.07, 6.45) is 4.68. The van der Waals surface area contributed by atoms with Gasteiger partial charge in [-0.15, -0.1) is 6.58 Å². The van der Waals surface area contributed by atoms with E-state index in [-0.39, 0.29) is 0 Å². The average molecular weight is 334 g/mol. The minimum absolute atomic E-state index is 0.323. The van der Waals surface area contributed by atoms with Gasteiger partial charge in [0.15, 0.2) is 5.71 Å². The van der Waals surface area contributed by atoms with E-state index in [4.69, 9.17) is 9.84 Å². The first-order valence-corrected chi connectivity index (χ1v) is 8.46. The summed E-state index contributed by atoms with van der Waals surface area (Å²) in [4.78, 5) is 12.3. The SMILES string of the molecule is C=CCc1cccc2c1N(/N=C(/C(=O)OC)c1ccccc1)CCC2. The van der Waals surface area contributed by atoms with E-state index in [2.05, 4.69) is 24.8 Å². The number of ether oxygens (including phenoxy) is 1. The molecule has 128 valence electrons. The Morgan fingerprint density at radius 2 is 2.04 bits per heavy atom. The van der Waals surface area contributed by atoms with Crippen molar-refractivity contribution in [2.24, 2.45) is 5.10 Å². The fourth-order valence-electron chi connectivity index (χ4n) is 3.16. The van der Waals surface area contributed by atoms with E-state index < -0.39 is 5.97 Å². The highest BCUT2D eigenvalue weighted by Gasteiger charge is 2.22. The van der Waals surface area contributed by atoms with Gasteiger partial charge in [0.1, 0.15) is 0 Å². The second-order valence-electron chi connectivity index (χ2n) is 5.95. The van der Waals surface area contributed by atoms with E-state index in [1.165, 1.54) is 18.2 Å². The average Bonchev–Trinajstić information content (AvgIpc) is 2.66. The molecule has 0 aromatic heterocycles. The van der Waals surface area contributed by atoms with Crippen LogP contribution in [-0.4, -0.2) is 25.3 Å². The number of nitrogens with zero attached hydrogens (tertiary/aromatic N) is 2. The van der Waals surface area contributed by atoms with Gasteiger partial charge < -0.3 is 4.74 Å². The van der Waals surface area contributed by atoms with E-state index >= 15 is 0 Å². The van der Waals surface area contributed by atoms with Crippen LogP contribution in [0.3, 0.4) is 0 Å². The van der Waals surface area contributed by atoms with Gasteiger partial charge in [0.05, 0.1) is 12.8 Å². The number of carbonyl (C=O) groups is 1. The van der Waals surface area contributed by atoms with Gasteiger partial charge in [-0.05, 0) is 30.4 Å². The maximum Gasteiger partial charge on any atom is 0.359 e. The normalized spacial score (nSPS) is 14.0. The fraction of sp³-hybridized carbons (Fsp3) is 0.238. The summed E-state index contributed by atoms with van der Waals surface area (Å²) in [5.74, 6) is -0.431. The summed E-state index contributed by atoms with van der Waals surface area (Å²) < 4.78 is 4.96. The zero-order valence-electron chi connectivity index (χ0n) is 14.4. The lowest BCUT2D eigenvalue weighted by Gasteiger charge is -2.29. The Labute approximate surface area is 148 Å². The van der Waals surface area contributed by atoms with Crippen LogP contribution in [-0.2, 0) is 22.4 Å². The molecule has 25 heavy (non-hydrogen) atoms. The summed E-state index contributed by atoms with van der Waals surface area (Å²) in [7, 11) is 1.38. The third-order valence-corrected chi connectivity index (χ3v) is 4.29. The molecule has 1 aliphatic heterocycles. The number of hydrazone groups is 1. The molecule has 3 rings (SSSR count). The number of esters is 1. The molecule has 4 heteroatoms. The Hall–Kier alpha value is -2.88. The van der Waals surface area contributed by atoms with Crippen molar-refractivity contribution in [1.29, 1.82) is 0 Å². The smallest absolute Gasteiger partial charge is 0.359 e. The van der Waals surface area contributed by atoms with Gasteiger partial charge in [-0.25, -0.2) is 4.79 Å². The second-order valence-corrected chi connectivity index (χ2v) is 5.95. The monoisotopic (exact) mass is 334 g/mol. The molecule has 0 spiro atoms. The van der Waals surface area contributed by atoms with E-state index in [1.807, 2.05) is 41.4 Å². The van der Waals surface area contributed by atoms with Crippen LogP contribution in [0.4, 0.5) is 5.69 Å². The second kappa shape index (κ2) is 7.79. The lowest BCUT2D eigenvalue weighted by atomic mass is 9.97. The maximum absolute atomic E-state index is 12.3. The van der Waals surface area contributed by atoms with Gasteiger partial charge in [-0.2, -0.15) is 5.10 Å². The lowest BCUT2D eigenvalue weighted by Crippen LogP contribution is -2.29. The maximum atomic E-state index is 12.3. The summed E-state index contributed by atoms with van der Waals surface area (Å²) >= 11 is 0. The Kier molecular flexibility index (Phi) is 5.29. The van der Waals surface area contributed by atoms with Gasteiger partial charge in [0.25, 0.3) is 0 Å². The van der Waals surface area contributed by atoms with Crippen molar-refractivity contribution < 1.29 is 9.53 Å². The van der Waals surface area contributed by atoms with Crippen LogP contribution in [0, 0.1) is 0 Å². The molecule has 4 nitrogen and oxygen atoms in total. The molecule has 0 atom stereocenters. The molecule has 0 radical (unpaired) electrons. The van der Waals surface area contributed by atoms with Crippen molar-refractivity contribution >= 4 is 17.4 Å². The third-order valence-electron chi connectivity index (χ3n) is 4.29. The highest BCUT2D eigenvalue weighted by molar-refractivity contribution is 6.43. The van der Waals surface area contributed by atoms with Crippen molar-refractivity contribution in [3.8, 4) is 0 Å². The van der Waals surface area contributed by atoms with Gasteiger partial charge >= 0.3 is 5.97 Å². The van der Waals surface area contributed by atoms with E-state index in [0.29, 0.717) is 5.71 Å². The number of aryl methyl sites for hydroxylation is 1. The number of methoxy groups -OCH3 is 1. The number of benzene rings is 2. The van der Waals surface area contributed by atoms with Crippen LogP contribution in [0.1, 0.15) is 23.1 Å². The van der Waals surface area contributed by atoms with Crippen molar-refractivity contribution in [3.63, 3.8) is 0 Å². The van der Waals surface area contributed by atoms with Crippen molar-refractivity contribution in [2.75, 3.05) is 18.7 Å². The molecule has 0 unspecified atom stereocenters. The van der Waals surface area contributed by atoms with Crippen LogP contribution in [0.5, 0.6) is 0 Å². The highest BCUT2D eigenvalue weighted by atomic mass is 16.5. The van der Waals surface area contributed by atoms with Crippen LogP contribution < -0.4 is 5.01 Å². The molecule has 0 N–H and O–H groups in total. The van der Waals surface area contributed by atoms with Gasteiger partial charge in [0, 0.05) is 12.1 Å². The number of hydrogen-bond acceptors (Lipinski definition) is 4. The Morgan fingerprint density at radius 1 is 1.24 bits per heavy atom. The Balaban J connectivity index is 2.08. The molecule has 1 aliphatic rings. The number of hydrogen-bond donors (Lipinski definition) is 0. The van der Waals surface area contributed by atoms with E-state index in [0.717, 1.165) is 37.1 Å². The standard InChI is InChI=1S/C21H22N2O2/c1-3-9-17-12-7-13-18-14-8-15-23(20(17)18)22-19(21(24)25-2)16-10-5-4-6-11-16/h3-7,10-13H,1,8-9,14-15H2,2H3/b22-19+. The van der Waals surface area contributed by atoms with Gasteiger partial charge in [-0.3, -0.25) is 5.01 Å². The molecule has 1 heterocycles. The summed E-state index contributed by atoms with van der Waals surface area (Å²) in [5.41, 5.74) is 4.60. The molecule has 0 saturated carbocycles. The number of anilines is 1. The third kappa shape index (κ3) is 3.63. The molecular formula is C21H22N2O2. The first-order valence-electron chi connectivity index (χ1n) is 8.46. The molecule has 0 saturated heterocycles. The Morgan fingerprint density at radius 3 is 2.76 bits per heavy atom. The topological polar surface area (TPSA) is 41.9 Å². The van der Waals surface area contributed by atoms with Crippen LogP contribution in [0.25, 0.3) is 0 Å². The zero-order valence-corrected chi connectivity index (χ0v) is 14.4. The number of fused-ring (bicyclic) bond motifs is 1. The van der Waals surface area contributed by atoms with Gasteiger partial charge in [0.2, 0.25) is 0 Å². The summed E-state index contributed by atoms with van der Waals surface area (Å²) in [6, 6.07) is 15.7. The molecule has 2 aromatic carbocycles. The summed E-state index contributed by atoms with van der Waals surface area (Å²) in [6.45, 7) is 4.62. The molecule has 2 aromatic rings. The van der Waals surface area contributed by atoms with Gasteiger partial charge in [-0.1, -0.05) is 54.6 Å². The molecule has 0 amide bonds. The van der Waals surface area contributed by atoms with E-state index in [1.54, 1.807) is 0 Å². The predicted molar refractivity (Wildman–Crippen MR) is 101 cm³/mol. The number of rotatable bonds is 5. The van der Waals surface area contributed by atoms with Crippen molar-refractivity contribution in [3.05, 3.63) is 77.9 Å². The molecular weight excluding hydrogens is 312 g/mol. The molecule has 0 fully saturated rings. The zero-order chi connectivity index (χ0) is 17.6. The predicted octanol–water partition coefficient (Wildman–Crippen LogP) is 3.75. The van der Waals surface area contributed by atoms with Crippen LogP contribution >= 0.6 is 0 Å². The van der Waals surface area contributed by atoms with Crippen LogP contribution in [0.15, 0.2) is 66.3 Å². The Bertz CT molecular complexity index is 797. The molecule has 0 aliphatic carbocycles. The quantitative estimate of drug-likeness (QED) is 0.475. The first-order chi connectivity index (χ1) is 12.2. The molecule has 0 bridgehead atoms. The minimum atomic E-state index is -0.431. The number of allylic oxidation sites excluding steroid dienone is 1. The van der Waals surface area contributed by atoms with Crippen molar-refractivity contribution in [2.45, 2.75) is 19.3 Å². The largest absolute Gasteiger partial charge is 0.464 e. The minimum Gasteiger partial charge on any atom is -0.464 e.